The number of carbonyl (C=O) groups excluding carboxylic acids is 2. The Bertz CT molecular complexity index is 1330. The van der Waals surface area contributed by atoms with Gasteiger partial charge in [0.15, 0.2) is 0 Å². The molecule has 0 unspecified atom stereocenters. The number of nitrogens with zero attached hydrogens (tertiary/aromatic N) is 2. The molecule has 1 heterocycles. The van der Waals surface area contributed by atoms with Gasteiger partial charge in [0.1, 0.15) is 11.7 Å². The van der Waals surface area contributed by atoms with Crippen LogP contribution in [0.2, 0.25) is 0 Å². The highest BCUT2D eigenvalue weighted by Gasteiger charge is 2.24. The van der Waals surface area contributed by atoms with E-state index < -0.39 is 6.04 Å². The number of amides is 2. The fourth-order valence-corrected chi connectivity index (χ4v) is 4.38. The topological polar surface area (TPSA) is 76.0 Å². The molecule has 178 valence electrons. The molecule has 0 aliphatic rings. The molecule has 6 nitrogen and oxygen atoms in total. The minimum atomic E-state index is -0.733. The largest absolute Gasteiger partial charge is 0.357 e. The second-order valence-electron chi connectivity index (χ2n) is 8.34. The zero-order valence-electron chi connectivity index (χ0n) is 19.7. The average molecular weight is 531 g/mol. The number of aromatic nitrogens is 2. The molecule has 35 heavy (non-hydrogen) atoms. The molecule has 0 radical (unpaired) electrons. The Morgan fingerprint density at radius 3 is 2.43 bits per heavy atom. The van der Waals surface area contributed by atoms with Crippen molar-refractivity contribution in [2.75, 3.05) is 7.05 Å². The molecule has 0 saturated heterocycles. The standard InChI is InChI=1S/C28H27BrN4O2/c1-19-9-6-7-13-22(19)18-33-26(17-24(32-33)21-11-4-3-5-12-21)28(35)31-25(27(34)30-2)16-20-10-8-14-23(29)15-20/h3-15,17,25H,16,18H2,1-2H3,(H,30,34)(H,31,35)/t25-/m0/s1. The summed E-state index contributed by atoms with van der Waals surface area (Å²) >= 11 is 3.47. The molecular weight excluding hydrogens is 504 g/mol. The lowest BCUT2D eigenvalue weighted by atomic mass is 10.0. The normalized spacial score (nSPS) is 11.6. The number of carbonyl (C=O) groups is 2. The van der Waals surface area contributed by atoms with E-state index in [1.54, 1.807) is 17.8 Å². The van der Waals surface area contributed by atoms with Crippen LogP contribution in [0.15, 0.2) is 89.4 Å². The third kappa shape index (κ3) is 6.05. The van der Waals surface area contributed by atoms with Gasteiger partial charge >= 0.3 is 0 Å². The SMILES string of the molecule is CNC(=O)[C@H](Cc1cccc(Br)c1)NC(=O)c1cc(-c2ccccc2)nn1Cc1ccccc1C. The highest BCUT2D eigenvalue weighted by Crippen LogP contribution is 2.21. The molecule has 4 rings (SSSR count). The Hall–Kier alpha value is -3.71. The van der Waals surface area contributed by atoms with Crippen molar-refractivity contribution < 1.29 is 9.59 Å². The Labute approximate surface area is 213 Å². The van der Waals surface area contributed by atoms with Crippen molar-refractivity contribution in [3.8, 4) is 11.3 Å². The molecule has 1 atom stereocenters. The third-order valence-electron chi connectivity index (χ3n) is 5.86. The molecule has 4 aromatic rings. The fraction of sp³-hybridized carbons (Fsp3) is 0.179. The van der Waals surface area contributed by atoms with Crippen molar-refractivity contribution in [2.45, 2.75) is 25.9 Å². The van der Waals surface area contributed by atoms with Crippen LogP contribution in [-0.2, 0) is 17.8 Å². The minimum Gasteiger partial charge on any atom is -0.357 e. The lowest BCUT2D eigenvalue weighted by Gasteiger charge is -2.18. The first-order chi connectivity index (χ1) is 16.9. The lowest BCUT2D eigenvalue weighted by molar-refractivity contribution is -0.122. The van der Waals surface area contributed by atoms with Crippen LogP contribution in [0.3, 0.4) is 0 Å². The number of rotatable bonds is 8. The van der Waals surface area contributed by atoms with Crippen molar-refractivity contribution in [2.24, 2.45) is 0 Å². The first-order valence-corrected chi connectivity index (χ1v) is 12.2. The van der Waals surface area contributed by atoms with Gasteiger partial charge in [-0.05, 0) is 41.8 Å². The first kappa shape index (κ1) is 24.4. The molecule has 2 amide bonds. The maximum Gasteiger partial charge on any atom is 0.270 e. The van der Waals surface area contributed by atoms with Gasteiger partial charge in [-0.2, -0.15) is 5.10 Å². The van der Waals surface area contributed by atoms with E-state index in [0.717, 1.165) is 26.7 Å². The maximum atomic E-state index is 13.5. The van der Waals surface area contributed by atoms with Crippen molar-refractivity contribution in [3.05, 3.63) is 112 Å². The number of benzene rings is 3. The Balaban J connectivity index is 1.66. The second-order valence-corrected chi connectivity index (χ2v) is 9.25. The summed E-state index contributed by atoms with van der Waals surface area (Å²) in [5.41, 5.74) is 5.14. The molecule has 2 N–H and O–H groups in total. The van der Waals surface area contributed by atoms with Gasteiger partial charge in [0.2, 0.25) is 5.91 Å². The van der Waals surface area contributed by atoms with E-state index in [1.807, 2.05) is 85.8 Å². The lowest BCUT2D eigenvalue weighted by Crippen LogP contribution is -2.47. The summed E-state index contributed by atoms with van der Waals surface area (Å²) in [6.45, 7) is 2.48. The van der Waals surface area contributed by atoms with Gasteiger partial charge in [-0.1, -0.05) is 82.7 Å². The number of halogens is 1. The molecule has 0 aliphatic carbocycles. The van der Waals surface area contributed by atoms with Crippen LogP contribution in [0.4, 0.5) is 0 Å². The van der Waals surface area contributed by atoms with Gasteiger partial charge < -0.3 is 10.6 Å². The van der Waals surface area contributed by atoms with E-state index in [0.29, 0.717) is 24.4 Å². The minimum absolute atomic E-state index is 0.258. The summed E-state index contributed by atoms with van der Waals surface area (Å²) in [6, 6.07) is 26.5. The van der Waals surface area contributed by atoms with Crippen molar-refractivity contribution in [3.63, 3.8) is 0 Å². The van der Waals surface area contributed by atoms with Gasteiger partial charge in [0, 0.05) is 23.5 Å². The monoisotopic (exact) mass is 530 g/mol. The quantitative estimate of drug-likeness (QED) is 0.345. The van der Waals surface area contributed by atoms with Gasteiger partial charge in [-0.15, -0.1) is 0 Å². The summed E-state index contributed by atoms with van der Waals surface area (Å²) in [7, 11) is 1.57. The highest BCUT2D eigenvalue weighted by molar-refractivity contribution is 9.10. The summed E-state index contributed by atoms with van der Waals surface area (Å²) in [5.74, 6) is -0.608. The fourth-order valence-electron chi connectivity index (χ4n) is 3.93. The van der Waals surface area contributed by atoms with Crippen LogP contribution < -0.4 is 10.6 Å². The molecule has 1 aromatic heterocycles. The van der Waals surface area contributed by atoms with Gasteiger partial charge in [0.25, 0.3) is 5.91 Å². The summed E-state index contributed by atoms with van der Waals surface area (Å²) < 4.78 is 2.63. The number of hydrogen-bond donors (Lipinski definition) is 2. The van der Waals surface area contributed by atoms with E-state index in [2.05, 4.69) is 26.6 Å². The predicted octanol–water partition coefficient (Wildman–Crippen LogP) is 4.76. The average Bonchev–Trinajstić information content (AvgIpc) is 3.29. The van der Waals surface area contributed by atoms with Gasteiger partial charge in [-0.3, -0.25) is 14.3 Å². The number of hydrogen-bond acceptors (Lipinski definition) is 3. The summed E-state index contributed by atoms with van der Waals surface area (Å²) in [5, 5.41) is 10.3. The van der Waals surface area contributed by atoms with Gasteiger partial charge in [-0.25, -0.2) is 0 Å². The smallest absolute Gasteiger partial charge is 0.270 e. The zero-order valence-corrected chi connectivity index (χ0v) is 21.2. The van der Waals surface area contributed by atoms with E-state index in [4.69, 9.17) is 5.10 Å². The van der Waals surface area contributed by atoms with Crippen molar-refractivity contribution in [1.82, 2.24) is 20.4 Å². The van der Waals surface area contributed by atoms with E-state index in [-0.39, 0.29) is 11.8 Å². The van der Waals surface area contributed by atoms with Crippen LogP contribution >= 0.6 is 15.9 Å². The number of nitrogens with one attached hydrogen (secondary N) is 2. The second kappa shape index (κ2) is 11.1. The van der Waals surface area contributed by atoms with Crippen LogP contribution in [0.1, 0.15) is 27.2 Å². The first-order valence-electron chi connectivity index (χ1n) is 11.4. The molecule has 0 spiro atoms. The number of likely N-dealkylation sites (N-methyl/N-ethyl adjacent to an activating group) is 1. The van der Waals surface area contributed by atoms with Crippen LogP contribution in [0, 0.1) is 6.92 Å². The predicted molar refractivity (Wildman–Crippen MR) is 141 cm³/mol. The molecule has 0 aliphatic heterocycles. The molecule has 7 heteroatoms. The van der Waals surface area contributed by atoms with E-state index in [1.165, 1.54) is 0 Å². The Morgan fingerprint density at radius 1 is 0.971 bits per heavy atom. The zero-order chi connectivity index (χ0) is 24.8. The van der Waals surface area contributed by atoms with E-state index >= 15 is 0 Å². The van der Waals surface area contributed by atoms with Gasteiger partial charge in [0.05, 0.1) is 12.2 Å². The van der Waals surface area contributed by atoms with E-state index in [9.17, 15) is 9.59 Å². The molecular formula is C28H27BrN4O2. The summed E-state index contributed by atoms with van der Waals surface area (Å²) in [6.07, 6.45) is 0.363. The maximum absolute atomic E-state index is 13.5. The molecule has 0 saturated carbocycles. The highest BCUT2D eigenvalue weighted by atomic mass is 79.9. The summed E-state index contributed by atoms with van der Waals surface area (Å²) in [4.78, 5) is 26.2. The van der Waals surface area contributed by atoms with Crippen molar-refractivity contribution in [1.29, 1.82) is 0 Å². The van der Waals surface area contributed by atoms with Crippen LogP contribution in [0.25, 0.3) is 11.3 Å². The van der Waals surface area contributed by atoms with Crippen molar-refractivity contribution >= 4 is 27.7 Å². The van der Waals surface area contributed by atoms with Crippen LogP contribution in [-0.4, -0.2) is 34.7 Å². The third-order valence-corrected chi connectivity index (χ3v) is 6.35. The molecule has 0 fully saturated rings. The Kier molecular flexibility index (Phi) is 7.77. The number of aryl methyl sites for hydroxylation is 1. The van der Waals surface area contributed by atoms with Crippen LogP contribution in [0.5, 0.6) is 0 Å². The molecule has 0 bridgehead atoms. The Morgan fingerprint density at radius 2 is 1.71 bits per heavy atom. The molecule has 3 aromatic carbocycles.